The molecule has 6 nitrogen and oxygen atoms in total. The van der Waals surface area contributed by atoms with Gasteiger partial charge < -0.3 is 20.1 Å². The molecule has 1 heterocycles. The molecule has 0 aromatic carbocycles. The number of nitrogens with zero attached hydrogens (tertiary/aromatic N) is 1. The molecular weight excluding hydrogens is 236 g/mol. The van der Waals surface area contributed by atoms with Crippen LogP contribution < -0.4 is 5.32 Å². The molecule has 1 aliphatic carbocycles. The van der Waals surface area contributed by atoms with E-state index >= 15 is 0 Å². The van der Waals surface area contributed by atoms with Gasteiger partial charge in [-0.1, -0.05) is 13.8 Å². The second kappa shape index (κ2) is 4.76. The van der Waals surface area contributed by atoms with E-state index in [0.717, 1.165) is 6.42 Å². The molecule has 2 fully saturated rings. The van der Waals surface area contributed by atoms with Crippen LogP contribution in [0.3, 0.4) is 0 Å². The van der Waals surface area contributed by atoms with E-state index in [1.807, 2.05) is 0 Å². The zero-order chi connectivity index (χ0) is 13.3. The minimum atomic E-state index is -0.907. The average molecular weight is 256 g/mol. The number of carbonyl (C=O) groups excluding carboxylic acids is 1. The van der Waals surface area contributed by atoms with E-state index in [9.17, 15) is 9.59 Å². The highest BCUT2D eigenvalue weighted by atomic mass is 16.5. The fourth-order valence-electron chi connectivity index (χ4n) is 2.24. The van der Waals surface area contributed by atoms with Crippen LogP contribution in [0.2, 0.25) is 0 Å². The van der Waals surface area contributed by atoms with Crippen LogP contribution in [0.4, 0.5) is 4.79 Å². The molecule has 2 rings (SSSR count). The number of rotatable bonds is 3. The summed E-state index contributed by atoms with van der Waals surface area (Å²) in [4.78, 5) is 24.4. The number of hydrogen-bond acceptors (Lipinski definition) is 3. The van der Waals surface area contributed by atoms with Gasteiger partial charge in [0, 0.05) is 12.6 Å². The number of nitrogens with one attached hydrogen (secondary N) is 1. The molecule has 1 saturated heterocycles. The maximum Gasteiger partial charge on any atom is 0.318 e. The molecule has 1 saturated carbocycles. The van der Waals surface area contributed by atoms with Crippen LogP contribution in [0.1, 0.15) is 26.7 Å². The Balaban J connectivity index is 1.91. The van der Waals surface area contributed by atoms with E-state index in [1.54, 1.807) is 4.90 Å². The summed E-state index contributed by atoms with van der Waals surface area (Å²) in [5.41, 5.74) is 0.171. The lowest BCUT2D eigenvalue weighted by atomic mass is 10.1. The highest BCUT2D eigenvalue weighted by molar-refractivity contribution is 5.77. The maximum absolute atomic E-state index is 12.1. The molecular formula is C12H20N2O4. The van der Waals surface area contributed by atoms with Crippen LogP contribution >= 0.6 is 0 Å². The monoisotopic (exact) mass is 256 g/mol. The number of carboxylic acid groups (broad SMARTS) is 1. The molecule has 0 aromatic rings. The van der Waals surface area contributed by atoms with Gasteiger partial charge in [0.2, 0.25) is 0 Å². The molecule has 0 bridgehead atoms. The summed E-state index contributed by atoms with van der Waals surface area (Å²) in [6.07, 6.45) is 0.911. The van der Waals surface area contributed by atoms with Gasteiger partial charge in [-0.15, -0.1) is 0 Å². The molecule has 2 unspecified atom stereocenters. The number of ether oxygens (including phenoxy) is 1. The molecule has 0 spiro atoms. The lowest BCUT2D eigenvalue weighted by Gasteiger charge is -2.34. The average Bonchev–Trinajstić information content (AvgIpc) is 2.85. The van der Waals surface area contributed by atoms with Gasteiger partial charge in [-0.2, -0.15) is 0 Å². The number of carboxylic acids is 1. The standard InChI is InChI=1S/C12H20N2O4/c1-12(2)6-9(12)13-11(17)14-3-4-18-7-8(14)5-10(15)16/h8-9H,3-7H2,1-2H3,(H,13,17)(H,15,16). The van der Waals surface area contributed by atoms with Gasteiger partial charge in [0.15, 0.2) is 0 Å². The second-order valence-electron chi connectivity index (χ2n) is 5.71. The first-order valence-electron chi connectivity index (χ1n) is 6.27. The smallest absolute Gasteiger partial charge is 0.318 e. The largest absolute Gasteiger partial charge is 0.481 e. The van der Waals surface area contributed by atoms with Crippen molar-refractivity contribution in [1.29, 1.82) is 0 Å². The number of hydrogen-bond donors (Lipinski definition) is 2. The Labute approximate surface area is 106 Å². The van der Waals surface area contributed by atoms with Crippen LogP contribution in [0, 0.1) is 5.41 Å². The third-order valence-electron chi connectivity index (χ3n) is 3.71. The van der Waals surface area contributed by atoms with E-state index < -0.39 is 5.97 Å². The Bertz CT molecular complexity index is 356. The Morgan fingerprint density at radius 1 is 1.50 bits per heavy atom. The summed E-state index contributed by atoms with van der Waals surface area (Å²) >= 11 is 0. The van der Waals surface area contributed by atoms with Gasteiger partial charge in [-0.05, 0) is 11.8 Å². The quantitative estimate of drug-likeness (QED) is 0.778. The first-order valence-corrected chi connectivity index (χ1v) is 6.27. The molecule has 102 valence electrons. The Morgan fingerprint density at radius 2 is 2.17 bits per heavy atom. The van der Waals surface area contributed by atoms with Crippen molar-refractivity contribution in [1.82, 2.24) is 10.2 Å². The molecule has 2 aliphatic rings. The number of aliphatic carboxylic acids is 1. The molecule has 0 radical (unpaired) electrons. The molecule has 2 N–H and O–H groups in total. The number of morpholine rings is 1. The Kier molecular flexibility index (Phi) is 3.47. The van der Waals surface area contributed by atoms with Gasteiger partial charge in [0.05, 0.1) is 25.7 Å². The van der Waals surface area contributed by atoms with E-state index in [-0.39, 0.29) is 30.0 Å². The van der Waals surface area contributed by atoms with Gasteiger partial charge in [0.1, 0.15) is 0 Å². The van der Waals surface area contributed by atoms with Crippen LogP contribution in [-0.4, -0.2) is 53.8 Å². The van der Waals surface area contributed by atoms with E-state index in [1.165, 1.54) is 0 Å². The topological polar surface area (TPSA) is 78.9 Å². The van der Waals surface area contributed by atoms with Gasteiger partial charge in [-0.25, -0.2) is 4.79 Å². The summed E-state index contributed by atoms with van der Waals surface area (Å²) < 4.78 is 5.24. The molecule has 2 amide bonds. The molecule has 1 aliphatic heterocycles. The van der Waals surface area contributed by atoms with Crippen molar-refractivity contribution >= 4 is 12.0 Å². The van der Waals surface area contributed by atoms with E-state index in [0.29, 0.717) is 19.8 Å². The lowest BCUT2D eigenvalue weighted by molar-refractivity contribution is -0.139. The second-order valence-corrected chi connectivity index (χ2v) is 5.71. The van der Waals surface area contributed by atoms with Crippen molar-refractivity contribution in [3.63, 3.8) is 0 Å². The normalized spacial score (nSPS) is 29.8. The minimum Gasteiger partial charge on any atom is -0.481 e. The number of urea groups is 1. The molecule has 18 heavy (non-hydrogen) atoms. The van der Waals surface area contributed by atoms with Crippen LogP contribution in [0.15, 0.2) is 0 Å². The first kappa shape index (κ1) is 13.1. The van der Waals surface area contributed by atoms with Crippen molar-refractivity contribution in [2.75, 3.05) is 19.8 Å². The van der Waals surface area contributed by atoms with Gasteiger partial charge in [0.25, 0.3) is 0 Å². The van der Waals surface area contributed by atoms with Crippen molar-refractivity contribution in [3.05, 3.63) is 0 Å². The van der Waals surface area contributed by atoms with Crippen molar-refractivity contribution in [3.8, 4) is 0 Å². The maximum atomic E-state index is 12.1. The lowest BCUT2D eigenvalue weighted by Crippen LogP contribution is -2.53. The van der Waals surface area contributed by atoms with Gasteiger partial charge in [-0.3, -0.25) is 4.79 Å². The van der Waals surface area contributed by atoms with Crippen molar-refractivity contribution < 1.29 is 19.4 Å². The summed E-state index contributed by atoms with van der Waals surface area (Å²) in [5.74, 6) is -0.907. The zero-order valence-electron chi connectivity index (χ0n) is 10.8. The molecule has 2 atom stereocenters. The number of carbonyl (C=O) groups is 2. The van der Waals surface area contributed by atoms with Gasteiger partial charge >= 0.3 is 12.0 Å². The molecule has 0 aromatic heterocycles. The first-order chi connectivity index (χ1) is 8.40. The predicted octanol–water partition coefficient (Wildman–Crippen LogP) is 0.670. The van der Waals surface area contributed by atoms with E-state index in [2.05, 4.69) is 19.2 Å². The Hall–Kier alpha value is -1.30. The fraction of sp³-hybridized carbons (Fsp3) is 0.833. The van der Waals surface area contributed by atoms with E-state index in [4.69, 9.17) is 9.84 Å². The number of amides is 2. The molecule has 6 heteroatoms. The van der Waals surface area contributed by atoms with Crippen molar-refractivity contribution in [2.45, 2.75) is 38.8 Å². The highest BCUT2D eigenvalue weighted by Gasteiger charge is 2.47. The van der Waals surface area contributed by atoms with Crippen LogP contribution in [0.5, 0.6) is 0 Å². The summed E-state index contributed by atoms with van der Waals surface area (Å²) in [6.45, 7) is 5.43. The predicted molar refractivity (Wildman–Crippen MR) is 64.3 cm³/mol. The third-order valence-corrected chi connectivity index (χ3v) is 3.71. The van der Waals surface area contributed by atoms with Crippen LogP contribution in [0.25, 0.3) is 0 Å². The minimum absolute atomic E-state index is 0.0680. The van der Waals surface area contributed by atoms with Crippen LogP contribution in [-0.2, 0) is 9.53 Å². The summed E-state index contributed by atoms with van der Waals surface area (Å²) in [7, 11) is 0. The third kappa shape index (κ3) is 2.93. The zero-order valence-corrected chi connectivity index (χ0v) is 10.8. The highest BCUT2D eigenvalue weighted by Crippen LogP contribution is 2.44. The summed E-state index contributed by atoms with van der Waals surface area (Å²) in [6, 6.07) is -0.323. The fourth-order valence-corrected chi connectivity index (χ4v) is 2.24. The van der Waals surface area contributed by atoms with Crippen molar-refractivity contribution in [2.24, 2.45) is 5.41 Å². The summed E-state index contributed by atoms with van der Waals surface area (Å²) in [5, 5.41) is 11.8. The SMILES string of the molecule is CC1(C)CC1NC(=O)N1CCOCC1CC(=O)O. The Morgan fingerprint density at radius 3 is 2.72 bits per heavy atom.